The smallest absolute Gasteiger partial charge is 0.244 e. The summed E-state index contributed by atoms with van der Waals surface area (Å²) in [6.45, 7) is 5.69. The van der Waals surface area contributed by atoms with Gasteiger partial charge in [0.1, 0.15) is 6.04 Å². The molecule has 1 amide bonds. The standard InChI is InChI=1S/C9H16ClNO2/c1-4-8(12)11-7(9(10)13)5-6(2)3/h6-7H,4-5H2,1-3H3,(H,11,12). The lowest BCUT2D eigenvalue weighted by Gasteiger charge is -2.15. The van der Waals surface area contributed by atoms with E-state index in [9.17, 15) is 9.59 Å². The van der Waals surface area contributed by atoms with Crippen LogP contribution in [0.2, 0.25) is 0 Å². The van der Waals surface area contributed by atoms with E-state index in [0.717, 1.165) is 0 Å². The van der Waals surface area contributed by atoms with Crippen LogP contribution < -0.4 is 5.32 Å². The maximum atomic E-state index is 11.0. The first-order valence-corrected chi connectivity index (χ1v) is 4.83. The summed E-state index contributed by atoms with van der Waals surface area (Å²) in [7, 11) is 0. The molecule has 1 N–H and O–H groups in total. The van der Waals surface area contributed by atoms with E-state index in [1.165, 1.54) is 0 Å². The van der Waals surface area contributed by atoms with Gasteiger partial charge in [-0.1, -0.05) is 20.8 Å². The zero-order valence-electron chi connectivity index (χ0n) is 8.26. The number of carbonyl (C=O) groups excluding carboxylic acids is 2. The highest BCUT2D eigenvalue weighted by Gasteiger charge is 2.18. The van der Waals surface area contributed by atoms with Crippen LogP contribution in [0.1, 0.15) is 33.6 Å². The van der Waals surface area contributed by atoms with Gasteiger partial charge in [-0.05, 0) is 23.9 Å². The van der Waals surface area contributed by atoms with E-state index in [1.54, 1.807) is 6.92 Å². The lowest BCUT2D eigenvalue weighted by molar-refractivity contribution is -0.124. The van der Waals surface area contributed by atoms with E-state index >= 15 is 0 Å². The Morgan fingerprint density at radius 1 is 1.38 bits per heavy atom. The van der Waals surface area contributed by atoms with Gasteiger partial charge >= 0.3 is 0 Å². The van der Waals surface area contributed by atoms with E-state index in [2.05, 4.69) is 5.32 Å². The average molecular weight is 206 g/mol. The van der Waals surface area contributed by atoms with E-state index < -0.39 is 11.3 Å². The molecule has 1 atom stereocenters. The molecular weight excluding hydrogens is 190 g/mol. The lowest BCUT2D eigenvalue weighted by Crippen LogP contribution is -2.39. The predicted octanol–water partition coefficient (Wildman–Crippen LogP) is 1.69. The second-order valence-electron chi connectivity index (χ2n) is 3.41. The summed E-state index contributed by atoms with van der Waals surface area (Å²) in [5.74, 6) is 0.199. The van der Waals surface area contributed by atoms with Crippen LogP contribution in [0, 0.1) is 5.92 Å². The molecule has 3 nitrogen and oxygen atoms in total. The van der Waals surface area contributed by atoms with E-state index in [-0.39, 0.29) is 5.91 Å². The minimum Gasteiger partial charge on any atom is -0.345 e. The van der Waals surface area contributed by atoms with Crippen LogP contribution in [0.15, 0.2) is 0 Å². The Morgan fingerprint density at radius 2 is 1.92 bits per heavy atom. The first kappa shape index (κ1) is 12.4. The zero-order valence-corrected chi connectivity index (χ0v) is 9.02. The molecule has 0 aliphatic rings. The molecule has 0 aromatic rings. The highest BCUT2D eigenvalue weighted by atomic mass is 35.5. The Morgan fingerprint density at radius 3 is 2.23 bits per heavy atom. The summed E-state index contributed by atoms with van der Waals surface area (Å²) in [6.07, 6.45) is 0.965. The van der Waals surface area contributed by atoms with Crippen molar-refractivity contribution in [3.63, 3.8) is 0 Å². The summed E-state index contributed by atoms with van der Waals surface area (Å²) < 4.78 is 0. The molecule has 0 aromatic heterocycles. The van der Waals surface area contributed by atoms with Crippen molar-refractivity contribution in [1.29, 1.82) is 0 Å². The van der Waals surface area contributed by atoms with Crippen LogP contribution >= 0.6 is 11.6 Å². The summed E-state index contributed by atoms with van der Waals surface area (Å²) in [5.41, 5.74) is 0. The fraction of sp³-hybridized carbons (Fsp3) is 0.778. The van der Waals surface area contributed by atoms with Crippen LogP contribution in [-0.2, 0) is 9.59 Å². The highest BCUT2D eigenvalue weighted by molar-refractivity contribution is 6.64. The summed E-state index contributed by atoms with van der Waals surface area (Å²) in [6, 6.07) is -0.533. The van der Waals surface area contributed by atoms with Crippen molar-refractivity contribution in [2.45, 2.75) is 39.7 Å². The third-order valence-electron chi connectivity index (χ3n) is 1.64. The summed E-state index contributed by atoms with van der Waals surface area (Å²) >= 11 is 5.34. The Kier molecular flexibility index (Phi) is 5.71. The van der Waals surface area contributed by atoms with Gasteiger partial charge in [0.05, 0.1) is 0 Å². The second kappa shape index (κ2) is 5.97. The largest absolute Gasteiger partial charge is 0.345 e. The third-order valence-corrected chi connectivity index (χ3v) is 1.90. The molecule has 0 rings (SSSR count). The Balaban J connectivity index is 4.10. The number of carbonyl (C=O) groups is 2. The Bertz CT molecular complexity index is 192. The van der Waals surface area contributed by atoms with Gasteiger partial charge in [0, 0.05) is 6.42 Å². The van der Waals surface area contributed by atoms with E-state index in [0.29, 0.717) is 18.8 Å². The van der Waals surface area contributed by atoms with Gasteiger partial charge < -0.3 is 5.32 Å². The lowest BCUT2D eigenvalue weighted by atomic mass is 10.0. The van der Waals surface area contributed by atoms with Crippen molar-refractivity contribution in [2.24, 2.45) is 5.92 Å². The molecule has 0 fully saturated rings. The van der Waals surface area contributed by atoms with Crippen molar-refractivity contribution in [3.05, 3.63) is 0 Å². The molecule has 0 spiro atoms. The maximum absolute atomic E-state index is 11.0. The molecular formula is C9H16ClNO2. The predicted molar refractivity (Wildman–Crippen MR) is 52.5 cm³/mol. The highest BCUT2D eigenvalue weighted by Crippen LogP contribution is 2.07. The number of hydrogen-bond donors (Lipinski definition) is 1. The molecule has 4 heteroatoms. The molecule has 0 heterocycles. The maximum Gasteiger partial charge on any atom is 0.244 e. The fourth-order valence-electron chi connectivity index (χ4n) is 0.976. The van der Waals surface area contributed by atoms with Crippen LogP contribution in [-0.4, -0.2) is 17.2 Å². The van der Waals surface area contributed by atoms with Gasteiger partial charge in [-0.15, -0.1) is 0 Å². The minimum atomic E-state index is -0.533. The molecule has 1 unspecified atom stereocenters. The molecule has 0 bridgehead atoms. The van der Waals surface area contributed by atoms with Crippen LogP contribution in [0.5, 0.6) is 0 Å². The van der Waals surface area contributed by atoms with Crippen molar-refractivity contribution in [2.75, 3.05) is 0 Å². The van der Waals surface area contributed by atoms with Crippen molar-refractivity contribution in [1.82, 2.24) is 5.32 Å². The van der Waals surface area contributed by atoms with Crippen LogP contribution in [0.4, 0.5) is 0 Å². The van der Waals surface area contributed by atoms with Gasteiger partial charge in [-0.2, -0.15) is 0 Å². The monoisotopic (exact) mass is 205 g/mol. The quantitative estimate of drug-likeness (QED) is 0.695. The first-order chi connectivity index (χ1) is 5.97. The second-order valence-corrected chi connectivity index (χ2v) is 3.78. The van der Waals surface area contributed by atoms with Crippen LogP contribution in [0.25, 0.3) is 0 Å². The average Bonchev–Trinajstić information content (AvgIpc) is 2.02. The van der Waals surface area contributed by atoms with Gasteiger partial charge in [-0.3, -0.25) is 9.59 Å². The normalized spacial score (nSPS) is 12.7. The molecule has 0 aliphatic carbocycles. The van der Waals surface area contributed by atoms with Gasteiger partial charge in [0.2, 0.25) is 11.1 Å². The third kappa shape index (κ3) is 5.64. The number of amides is 1. The SMILES string of the molecule is CCC(=O)NC(CC(C)C)C(=O)Cl. The number of rotatable bonds is 5. The van der Waals surface area contributed by atoms with Crippen molar-refractivity contribution < 1.29 is 9.59 Å². The molecule has 0 saturated heterocycles. The number of hydrogen-bond acceptors (Lipinski definition) is 2. The zero-order chi connectivity index (χ0) is 10.4. The Labute approximate surface area is 83.8 Å². The van der Waals surface area contributed by atoms with Gasteiger partial charge in [-0.25, -0.2) is 0 Å². The Hall–Kier alpha value is -0.570. The molecule has 76 valence electrons. The van der Waals surface area contributed by atoms with Crippen molar-refractivity contribution >= 4 is 22.8 Å². The number of nitrogens with one attached hydrogen (secondary N) is 1. The molecule has 13 heavy (non-hydrogen) atoms. The fourth-order valence-corrected chi connectivity index (χ4v) is 1.12. The molecule has 0 radical (unpaired) electrons. The minimum absolute atomic E-state index is 0.139. The summed E-state index contributed by atoms with van der Waals surface area (Å²) in [5, 5.41) is 2.09. The van der Waals surface area contributed by atoms with E-state index in [1.807, 2.05) is 13.8 Å². The summed E-state index contributed by atoms with van der Waals surface area (Å²) in [4.78, 5) is 21.9. The first-order valence-electron chi connectivity index (χ1n) is 4.46. The van der Waals surface area contributed by atoms with Crippen molar-refractivity contribution in [3.8, 4) is 0 Å². The number of halogens is 1. The molecule has 0 aliphatic heterocycles. The topological polar surface area (TPSA) is 46.2 Å². The van der Waals surface area contributed by atoms with Gasteiger partial charge in [0.15, 0.2) is 0 Å². The van der Waals surface area contributed by atoms with E-state index in [4.69, 9.17) is 11.6 Å². The van der Waals surface area contributed by atoms with Crippen LogP contribution in [0.3, 0.4) is 0 Å². The molecule has 0 aromatic carbocycles. The van der Waals surface area contributed by atoms with Gasteiger partial charge in [0.25, 0.3) is 0 Å². The molecule has 0 saturated carbocycles.